The van der Waals surface area contributed by atoms with E-state index < -0.39 is 17.1 Å². The van der Waals surface area contributed by atoms with Crippen LogP contribution in [0, 0.1) is 11.3 Å². The molecule has 4 aromatic rings. The Morgan fingerprint density at radius 2 is 2.00 bits per heavy atom. The highest BCUT2D eigenvalue weighted by atomic mass is 79.9. The number of aromatic nitrogens is 3. The van der Waals surface area contributed by atoms with Crippen LogP contribution in [-0.4, -0.2) is 33.0 Å². The van der Waals surface area contributed by atoms with Crippen LogP contribution >= 0.6 is 27.5 Å². The monoisotopic (exact) mass is 511 g/mol. The number of hydrogen-bond acceptors (Lipinski definition) is 4. The first-order chi connectivity index (χ1) is 15.3. The van der Waals surface area contributed by atoms with Gasteiger partial charge in [-0.3, -0.25) is 9.88 Å². The molecule has 7 nitrogen and oxygen atoms in total. The molecule has 4 rings (SSSR count). The van der Waals surface area contributed by atoms with Crippen LogP contribution in [0.5, 0.6) is 0 Å². The lowest BCUT2D eigenvalue weighted by Crippen LogP contribution is -2.40. The Bertz CT molecular complexity index is 1430. The molecule has 0 saturated heterocycles. The third kappa shape index (κ3) is 3.78. The number of imidazole rings is 1. The smallest absolute Gasteiger partial charge is 0.304 e. The summed E-state index contributed by atoms with van der Waals surface area (Å²) >= 11 is 9.42. The van der Waals surface area contributed by atoms with Crippen molar-refractivity contribution in [3.63, 3.8) is 0 Å². The molecule has 0 bridgehead atoms. The molecule has 9 heteroatoms. The van der Waals surface area contributed by atoms with Gasteiger partial charge in [-0.15, -0.1) is 11.6 Å². The molecule has 162 valence electrons. The van der Waals surface area contributed by atoms with Gasteiger partial charge in [0.1, 0.15) is 0 Å². The highest BCUT2D eigenvalue weighted by molar-refractivity contribution is 9.10. The molecule has 0 unspecified atom stereocenters. The van der Waals surface area contributed by atoms with E-state index in [4.69, 9.17) is 11.6 Å². The highest BCUT2D eigenvalue weighted by Crippen LogP contribution is 2.27. The normalized spacial score (nSPS) is 11.6. The average molecular weight is 513 g/mol. The van der Waals surface area contributed by atoms with Gasteiger partial charge in [0.25, 0.3) is 0 Å². The number of aromatic amines is 1. The summed E-state index contributed by atoms with van der Waals surface area (Å²) < 4.78 is 1.91. The van der Waals surface area contributed by atoms with Gasteiger partial charge in [-0.05, 0) is 49.7 Å². The SMILES string of the molecule is CC(C)(C#N)c1ccc(N(CCCl)C(=O)n2c(=O)[nH]c3c4cc(Br)ccc4ncc32)cc1. The lowest BCUT2D eigenvalue weighted by molar-refractivity contribution is 0.248. The standard InChI is InChI=1S/C23H19BrClN5O2/c1-23(2,13-26)14-3-6-16(7-4-14)29(10-9-25)22(32)30-19-12-27-18-8-5-15(24)11-17(18)20(19)28-21(30)31/h3-8,11-12H,9-10H2,1-2H3,(H,28,31). The third-order valence-electron chi connectivity index (χ3n) is 5.40. The number of rotatable bonds is 4. The Morgan fingerprint density at radius 3 is 2.66 bits per heavy atom. The summed E-state index contributed by atoms with van der Waals surface area (Å²) in [5, 5.41) is 10.1. The number of nitrogens with zero attached hydrogens (tertiary/aromatic N) is 4. The predicted octanol–water partition coefficient (Wildman–Crippen LogP) is 5.15. The molecule has 1 amide bonds. The van der Waals surface area contributed by atoms with Crippen LogP contribution in [0.1, 0.15) is 19.4 Å². The zero-order valence-electron chi connectivity index (χ0n) is 17.4. The summed E-state index contributed by atoms with van der Waals surface area (Å²) in [6.07, 6.45) is 1.51. The number of pyridine rings is 1. The van der Waals surface area contributed by atoms with Crippen LogP contribution in [0.15, 0.2) is 57.9 Å². The minimum Gasteiger partial charge on any atom is -0.304 e. The van der Waals surface area contributed by atoms with Crippen molar-refractivity contribution >= 4 is 61.2 Å². The molecule has 0 fully saturated rings. The van der Waals surface area contributed by atoms with E-state index in [1.54, 1.807) is 24.3 Å². The molecule has 0 spiro atoms. The van der Waals surface area contributed by atoms with Crippen molar-refractivity contribution < 1.29 is 4.79 Å². The molecular weight excluding hydrogens is 494 g/mol. The number of carbonyl (C=O) groups is 1. The lowest BCUT2D eigenvalue weighted by Gasteiger charge is -2.23. The van der Waals surface area contributed by atoms with Crippen LogP contribution in [0.25, 0.3) is 21.9 Å². The average Bonchev–Trinajstić information content (AvgIpc) is 3.13. The predicted molar refractivity (Wildman–Crippen MR) is 130 cm³/mol. The van der Waals surface area contributed by atoms with Crippen molar-refractivity contribution in [2.75, 3.05) is 17.3 Å². The van der Waals surface area contributed by atoms with Crippen LogP contribution in [0.3, 0.4) is 0 Å². The van der Waals surface area contributed by atoms with Gasteiger partial charge < -0.3 is 4.98 Å². The minimum atomic E-state index is -0.658. The second-order valence-electron chi connectivity index (χ2n) is 7.85. The number of nitrogens with one attached hydrogen (secondary N) is 1. The van der Waals surface area contributed by atoms with Gasteiger partial charge in [-0.25, -0.2) is 14.2 Å². The van der Waals surface area contributed by atoms with Gasteiger partial charge in [-0.1, -0.05) is 28.1 Å². The number of hydrogen-bond donors (Lipinski definition) is 1. The quantitative estimate of drug-likeness (QED) is 0.382. The molecule has 32 heavy (non-hydrogen) atoms. The molecule has 2 heterocycles. The number of fused-ring (bicyclic) bond motifs is 3. The fourth-order valence-electron chi connectivity index (χ4n) is 3.58. The van der Waals surface area contributed by atoms with E-state index in [1.807, 2.05) is 32.0 Å². The number of amides is 1. The number of carbonyl (C=O) groups excluding carboxylic acids is 1. The number of H-pyrrole nitrogens is 1. The maximum Gasteiger partial charge on any atom is 0.337 e. The van der Waals surface area contributed by atoms with E-state index in [9.17, 15) is 14.9 Å². The Labute approximate surface area is 197 Å². The summed E-state index contributed by atoms with van der Waals surface area (Å²) in [4.78, 5) is 35.0. The first-order valence-electron chi connectivity index (χ1n) is 9.85. The van der Waals surface area contributed by atoms with E-state index in [2.05, 4.69) is 32.0 Å². The Kier molecular flexibility index (Phi) is 5.80. The summed E-state index contributed by atoms with van der Waals surface area (Å²) in [5.41, 5.74) is 1.81. The molecule has 0 aliphatic carbocycles. The fraction of sp³-hybridized carbons (Fsp3) is 0.217. The van der Waals surface area contributed by atoms with Crippen molar-refractivity contribution in [2.24, 2.45) is 0 Å². The topological polar surface area (TPSA) is 94.8 Å². The van der Waals surface area contributed by atoms with E-state index >= 15 is 0 Å². The Balaban J connectivity index is 1.81. The number of benzene rings is 2. The fourth-order valence-corrected chi connectivity index (χ4v) is 4.11. The summed E-state index contributed by atoms with van der Waals surface area (Å²) in [5.74, 6) is 0.183. The zero-order valence-corrected chi connectivity index (χ0v) is 19.7. The number of alkyl halides is 1. The van der Waals surface area contributed by atoms with Crippen molar-refractivity contribution in [1.82, 2.24) is 14.5 Å². The highest BCUT2D eigenvalue weighted by Gasteiger charge is 2.24. The van der Waals surface area contributed by atoms with Crippen molar-refractivity contribution in [2.45, 2.75) is 19.3 Å². The Hall–Kier alpha value is -3.15. The second-order valence-corrected chi connectivity index (χ2v) is 9.15. The minimum absolute atomic E-state index is 0.183. The van der Waals surface area contributed by atoms with Gasteiger partial charge in [0.15, 0.2) is 0 Å². The van der Waals surface area contributed by atoms with Crippen LogP contribution < -0.4 is 10.6 Å². The zero-order chi connectivity index (χ0) is 23.0. The van der Waals surface area contributed by atoms with Gasteiger partial charge >= 0.3 is 11.7 Å². The summed E-state index contributed by atoms with van der Waals surface area (Å²) in [6.45, 7) is 3.85. The second kappa shape index (κ2) is 8.41. The van der Waals surface area contributed by atoms with Crippen molar-refractivity contribution in [3.8, 4) is 6.07 Å². The molecule has 0 aliphatic heterocycles. The van der Waals surface area contributed by atoms with Crippen LogP contribution in [0.4, 0.5) is 10.5 Å². The number of anilines is 1. The third-order valence-corrected chi connectivity index (χ3v) is 6.06. The first kappa shape index (κ1) is 22.1. The van der Waals surface area contributed by atoms with E-state index in [0.717, 1.165) is 20.0 Å². The molecular formula is C23H19BrClN5O2. The number of nitriles is 1. The molecule has 1 N–H and O–H groups in total. The van der Waals surface area contributed by atoms with Gasteiger partial charge in [0.05, 0.1) is 34.2 Å². The van der Waals surface area contributed by atoms with E-state index in [1.165, 1.54) is 11.1 Å². The van der Waals surface area contributed by atoms with E-state index in [0.29, 0.717) is 22.2 Å². The summed E-state index contributed by atoms with van der Waals surface area (Å²) in [7, 11) is 0. The molecule has 0 atom stereocenters. The van der Waals surface area contributed by atoms with Crippen molar-refractivity contribution in [1.29, 1.82) is 5.26 Å². The van der Waals surface area contributed by atoms with Gasteiger partial charge in [-0.2, -0.15) is 5.26 Å². The molecule has 0 saturated carbocycles. The molecule has 2 aromatic heterocycles. The first-order valence-corrected chi connectivity index (χ1v) is 11.2. The Morgan fingerprint density at radius 1 is 1.28 bits per heavy atom. The number of halogens is 2. The molecule has 0 aliphatic rings. The maximum atomic E-state index is 13.5. The van der Waals surface area contributed by atoms with E-state index in [-0.39, 0.29) is 12.4 Å². The van der Waals surface area contributed by atoms with Gasteiger partial charge in [0, 0.05) is 28.0 Å². The molecule has 2 aromatic carbocycles. The maximum absolute atomic E-state index is 13.5. The van der Waals surface area contributed by atoms with Crippen LogP contribution in [0.2, 0.25) is 0 Å². The lowest BCUT2D eigenvalue weighted by atomic mass is 9.86. The van der Waals surface area contributed by atoms with Gasteiger partial charge in [0.2, 0.25) is 0 Å². The summed E-state index contributed by atoms with van der Waals surface area (Å²) in [6, 6.07) is 14.4. The van der Waals surface area contributed by atoms with Crippen LogP contribution in [-0.2, 0) is 5.41 Å². The molecule has 0 radical (unpaired) electrons. The van der Waals surface area contributed by atoms with Crippen molar-refractivity contribution in [3.05, 3.63) is 69.2 Å². The largest absolute Gasteiger partial charge is 0.337 e.